The lowest BCUT2D eigenvalue weighted by Crippen LogP contribution is -2.14. The Balaban J connectivity index is 2.68. The molecular formula is C8H9N9O. The molecular weight excluding hydrogens is 238 g/mol. The molecule has 0 aliphatic heterocycles. The molecule has 1 aromatic heterocycles. The van der Waals surface area contributed by atoms with Crippen molar-refractivity contribution in [3.8, 4) is 0 Å². The number of nitrogens with two attached hydrogens (primary N) is 1. The molecule has 0 saturated heterocycles. The van der Waals surface area contributed by atoms with Crippen LogP contribution in [-0.2, 0) is 4.79 Å². The van der Waals surface area contributed by atoms with E-state index in [4.69, 9.17) is 16.8 Å². The molecule has 10 heteroatoms. The van der Waals surface area contributed by atoms with Gasteiger partial charge in [-0.05, 0) is 17.7 Å². The standard InChI is InChI=1S/C8H9N9O/c9-8(15-17-11)6-2-1-5(3-12-6)14-7(18)4-13-16-10/h1-3H,4H2,(H,14,18)(H3,9,11,15). The lowest BCUT2D eigenvalue weighted by atomic mass is 10.3. The summed E-state index contributed by atoms with van der Waals surface area (Å²) in [4.78, 5) is 17.5. The monoisotopic (exact) mass is 247 g/mol. The molecule has 1 rings (SSSR count). The van der Waals surface area contributed by atoms with E-state index in [1.165, 1.54) is 18.3 Å². The average Bonchev–Trinajstić information content (AvgIpc) is 2.37. The molecule has 0 aromatic carbocycles. The molecule has 0 aliphatic rings. The predicted octanol–water partition coefficient (Wildman–Crippen LogP) is 0.982. The number of azide groups is 1. The van der Waals surface area contributed by atoms with Gasteiger partial charge in [0.1, 0.15) is 12.2 Å². The van der Waals surface area contributed by atoms with Crippen LogP contribution in [0.5, 0.6) is 0 Å². The van der Waals surface area contributed by atoms with E-state index in [0.717, 1.165) is 0 Å². The fourth-order valence-corrected chi connectivity index (χ4v) is 1.01. The topological polar surface area (TPSA) is 165 Å². The van der Waals surface area contributed by atoms with Crippen molar-refractivity contribution in [2.45, 2.75) is 0 Å². The first-order valence-electron chi connectivity index (χ1n) is 4.64. The third-order valence-corrected chi connectivity index (χ3v) is 1.73. The fourth-order valence-electron chi connectivity index (χ4n) is 1.01. The number of anilines is 1. The van der Waals surface area contributed by atoms with Gasteiger partial charge < -0.3 is 11.2 Å². The fraction of sp³-hybridized carbons (Fsp3) is 0.125. The predicted molar refractivity (Wildman–Crippen MR) is 62.8 cm³/mol. The molecule has 92 valence electrons. The van der Waals surface area contributed by atoms with Crippen molar-refractivity contribution in [1.82, 2.24) is 4.98 Å². The summed E-state index contributed by atoms with van der Waals surface area (Å²) >= 11 is 0. The first kappa shape index (κ1) is 13.1. The summed E-state index contributed by atoms with van der Waals surface area (Å²) in [5, 5.41) is 19.2. The lowest BCUT2D eigenvalue weighted by molar-refractivity contribution is -0.114. The van der Waals surface area contributed by atoms with Crippen molar-refractivity contribution in [1.29, 1.82) is 5.41 Å². The van der Waals surface area contributed by atoms with Crippen LogP contribution in [-0.4, -0.2) is 23.3 Å². The van der Waals surface area contributed by atoms with Crippen LogP contribution >= 0.6 is 0 Å². The zero-order valence-corrected chi connectivity index (χ0v) is 9.11. The summed E-state index contributed by atoms with van der Waals surface area (Å²) in [6, 6.07) is 3.00. The number of aromatic nitrogens is 1. The molecule has 1 heterocycles. The molecule has 0 radical (unpaired) electrons. The second-order valence-corrected chi connectivity index (χ2v) is 2.93. The molecule has 1 amide bonds. The van der Waals surface area contributed by atoms with Gasteiger partial charge in [-0.15, -0.1) is 5.11 Å². The zero-order valence-electron chi connectivity index (χ0n) is 9.11. The third kappa shape index (κ3) is 3.87. The molecule has 0 saturated carbocycles. The Bertz CT molecular complexity index is 514. The van der Waals surface area contributed by atoms with E-state index >= 15 is 0 Å². The maximum Gasteiger partial charge on any atom is 0.230 e. The van der Waals surface area contributed by atoms with Gasteiger partial charge in [0.15, 0.2) is 5.84 Å². The first-order valence-corrected chi connectivity index (χ1v) is 4.64. The van der Waals surface area contributed by atoms with Crippen LogP contribution < -0.4 is 11.2 Å². The van der Waals surface area contributed by atoms with Gasteiger partial charge in [0.25, 0.3) is 0 Å². The van der Waals surface area contributed by atoms with Gasteiger partial charge in [-0.3, -0.25) is 15.2 Å². The Morgan fingerprint density at radius 2 is 2.39 bits per heavy atom. The van der Waals surface area contributed by atoms with Crippen LogP contribution in [0.15, 0.2) is 33.8 Å². The average molecular weight is 247 g/mol. The van der Waals surface area contributed by atoms with Crippen molar-refractivity contribution in [2.24, 2.45) is 21.3 Å². The van der Waals surface area contributed by atoms with E-state index in [1.54, 1.807) is 0 Å². The van der Waals surface area contributed by atoms with Crippen molar-refractivity contribution in [3.63, 3.8) is 0 Å². The number of amides is 1. The summed E-state index contributed by atoms with van der Waals surface area (Å²) < 4.78 is 0. The molecule has 0 spiro atoms. The number of nitrogens with zero attached hydrogens (tertiary/aromatic N) is 6. The Morgan fingerprint density at radius 1 is 1.61 bits per heavy atom. The van der Waals surface area contributed by atoms with Crippen LogP contribution in [0.3, 0.4) is 0 Å². The highest BCUT2D eigenvalue weighted by Gasteiger charge is 2.04. The van der Waals surface area contributed by atoms with Gasteiger partial charge >= 0.3 is 0 Å². The SMILES string of the molecule is [N-]=[N+]=NCC(=O)Nc1ccc(C(=N)N=NN)nc1. The van der Waals surface area contributed by atoms with Crippen LogP contribution in [0.1, 0.15) is 5.69 Å². The minimum atomic E-state index is -0.459. The largest absolute Gasteiger partial charge is 0.325 e. The maximum atomic E-state index is 11.2. The number of carbonyl (C=O) groups excluding carboxylic acids is 1. The van der Waals surface area contributed by atoms with Gasteiger partial charge in [-0.2, -0.15) is 0 Å². The minimum Gasteiger partial charge on any atom is -0.325 e. The number of pyridine rings is 1. The highest BCUT2D eigenvalue weighted by atomic mass is 16.1. The molecule has 0 aliphatic carbocycles. The smallest absolute Gasteiger partial charge is 0.230 e. The van der Waals surface area contributed by atoms with Gasteiger partial charge in [0, 0.05) is 4.91 Å². The summed E-state index contributed by atoms with van der Waals surface area (Å²) in [5.74, 6) is 4.15. The zero-order chi connectivity index (χ0) is 13.4. The van der Waals surface area contributed by atoms with Gasteiger partial charge in [-0.25, -0.2) is 0 Å². The minimum absolute atomic E-state index is 0.190. The first-order chi connectivity index (χ1) is 8.67. The maximum absolute atomic E-state index is 11.2. The summed E-state index contributed by atoms with van der Waals surface area (Å²) in [5.41, 5.74) is 8.71. The molecule has 1 aromatic rings. The summed E-state index contributed by atoms with van der Waals surface area (Å²) in [6.45, 7) is -0.296. The van der Waals surface area contributed by atoms with Gasteiger partial charge in [0.05, 0.1) is 11.9 Å². The van der Waals surface area contributed by atoms with Gasteiger partial charge in [0.2, 0.25) is 5.91 Å². The Hall–Kier alpha value is -3.00. The Morgan fingerprint density at radius 3 is 2.94 bits per heavy atom. The van der Waals surface area contributed by atoms with Crippen molar-refractivity contribution < 1.29 is 4.79 Å². The van der Waals surface area contributed by atoms with Gasteiger partial charge in [-0.1, -0.05) is 10.3 Å². The van der Waals surface area contributed by atoms with E-state index in [1.807, 2.05) is 0 Å². The molecule has 10 nitrogen and oxygen atoms in total. The quantitative estimate of drug-likeness (QED) is 0.137. The third-order valence-electron chi connectivity index (χ3n) is 1.73. The van der Waals surface area contributed by atoms with Crippen LogP contribution in [0, 0.1) is 5.41 Å². The number of rotatable bonds is 4. The molecule has 0 bridgehead atoms. The molecule has 18 heavy (non-hydrogen) atoms. The molecule has 0 unspecified atom stereocenters. The number of amidine groups is 1. The van der Waals surface area contributed by atoms with Crippen molar-refractivity contribution in [2.75, 3.05) is 11.9 Å². The number of carbonyl (C=O) groups is 1. The van der Waals surface area contributed by atoms with Crippen LogP contribution in [0.2, 0.25) is 0 Å². The highest BCUT2D eigenvalue weighted by molar-refractivity contribution is 5.96. The summed E-state index contributed by atoms with van der Waals surface area (Å²) in [7, 11) is 0. The van der Waals surface area contributed by atoms with E-state index < -0.39 is 5.91 Å². The Labute approximate surface area is 101 Å². The number of hydrogen-bond donors (Lipinski definition) is 3. The Kier molecular flexibility index (Phi) is 4.76. The number of hydrogen-bond acceptors (Lipinski definition) is 5. The van der Waals surface area contributed by atoms with Crippen molar-refractivity contribution >= 4 is 17.4 Å². The normalized spacial score (nSPS) is 9.78. The van der Waals surface area contributed by atoms with E-state index in [9.17, 15) is 4.79 Å². The van der Waals surface area contributed by atoms with E-state index in [-0.39, 0.29) is 18.1 Å². The molecule has 0 fully saturated rings. The van der Waals surface area contributed by atoms with E-state index in [0.29, 0.717) is 5.69 Å². The van der Waals surface area contributed by atoms with Crippen molar-refractivity contribution in [3.05, 3.63) is 34.5 Å². The second kappa shape index (κ2) is 6.55. The van der Waals surface area contributed by atoms with Crippen LogP contribution in [0.25, 0.3) is 10.4 Å². The lowest BCUT2D eigenvalue weighted by Gasteiger charge is -2.03. The van der Waals surface area contributed by atoms with Crippen LogP contribution in [0.4, 0.5) is 5.69 Å². The second-order valence-electron chi connectivity index (χ2n) is 2.93. The number of nitrogens with one attached hydrogen (secondary N) is 2. The summed E-state index contributed by atoms with van der Waals surface area (Å²) in [6.07, 6.45) is 1.34. The molecule has 0 atom stereocenters. The molecule has 4 N–H and O–H groups in total. The highest BCUT2D eigenvalue weighted by Crippen LogP contribution is 2.07. The van der Waals surface area contributed by atoms with E-state index in [2.05, 4.69) is 30.7 Å².